The number of hydrogen-bond donors (Lipinski definition) is 1. The van der Waals surface area contributed by atoms with Gasteiger partial charge in [-0.3, -0.25) is 4.79 Å². The highest BCUT2D eigenvalue weighted by molar-refractivity contribution is 7.91. The normalized spacial score (nSPS) is 24.6. The molecule has 0 bridgehead atoms. The lowest BCUT2D eigenvalue weighted by molar-refractivity contribution is -0.118. The number of aryl methyl sites for hydroxylation is 1. The number of rotatable bonds is 3. The van der Waals surface area contributed by atoms with E-state index in [1.807, 2.05) is 6.92 Å². The second-order valence-electron chi connectivity index (χ2n) is 8.06. The van der Waals surface area contributed by atoms with Gasteiger partial charge in [0.05, 0.1) is 23.2 Å². The molecule has 0 aliphatic carbocycles. The molecule has 1 saturated heterocycles. The van der Waals surface area contributed by atoms with Crippen LogP contribution in [0.25, 0.3) is 0 Å². The van der Waals surface area contributed by atoms with E-state index in [0.29, 0.717) is 42.7 Å². The van der Waals surface area contributed by atoms with Crippen LogP contribution in [0.3, 0.4) is 0 Å². The van der Waals surface area contributed by atoms with Crippen LogP contribution in [0.5, 0.6) is 0 Å². The molecule has 2 unspecified atom stereocenters. The Labute approximate surface area is 175 Å². The number of nitrogens with zero attached hydrogens (tertiary/aromatic N) is 1. The fourth-order valence-corrected chi connectivity index (χ4v) is 5.66. The Kier molecular flexibility index (Phi) is 5.20. The van der Waals surface area contributed by atoms with E-state index < -0.39 is 26.2 Å². The summed E-state index contributed by atoms with van der Waals surface area (Å²) in [5, 5.41) is 11.1. The van der Waals surface area contributed by atoms with Crippen LogP contribution in [-0.4, -0.2) is 39.2 Å². The summed E-state index contributed by atoms with van der Waals surface area (Å²) in [5.74, 6) is -1.04. The maximum atomic E-state index is 14.9. The van der Waals surface area contributed by atoms with E-state index in [0.717, 1.165) is 6.07 Å². The lowest BCUT2D eigenvalue weighted by Gasteiger charge is -2.36. The molecular formula is C22H24FNO5S. The molecule has 1 amide bonds. The summed E-state index contributed by atoms with van der Waals surface area (Å²) in [6.07, 6.45) is 1.16. The number of carbonyl (C=O) groups excluding carboxylic acids is 1. The molecule has 2 aliphatic heterocycles. The quantitative estimate of drug-likeness (QED) is 0.805. The second-order valence-corrected chi connectivity index (χ2v) is 9.98. The molecule has 2 atom stereocenters. The van der Waals surface area contributed by atoms with Gasteiger partial charge in [-0.2, -0.15) is 0 Å². The second kappa shape index (κ2) is 7.44. The fourth-order valence-electron chi connectivity index (χ4n) is 4.25. The summed E-state index contributed by atoms with van der Waals surface area (Å²) in [4.78, 5) is 12.7. The van der Waals surface area contributed by atoms with Crippen molar-refractivity contribution < 1.29 is 27.4 Å². The maximum absolute atomic E-state index is 14.9. The first-order valence-corrected chi connectivity index (χ1v) is 11.4. The summed E-state index contributed by atoms with van der Waals surface area (Å²) in [6, 6.07) is 8.49. The molecule has 0 spiro atoms. The highest BCUT2D eigenvalue weighted by Gasteiger charge is 2.36. The summed E-state index contributed by atoms with van der Waals surface area (Å²) in [6.45, 7) is 2.23. The molecular weight excluding hydrogens is 409 g/mol. The number of benzene rings is 2. The smallest absolute Gasteiger partial charge is 0.227 e. The van der Waals surface area contributed by atoms with Crippen molar-refractivity contribution >= 4 is 21.4 Å². The third-order valence-electron chi connectivity index (χ3n) is 5.99. The van der Waals surface area contributed by atoms with E-state index in [1.165, 1.54) is 23.1 Å². The Morgan fingerprint density at radius 2 is 2.00 bits per heavy atom. The molecule has 2 aromatic rings. The SMILES string of the molecule is CC1CC(O)(c2cccc(S(=O)(=O)c3cc4c(cc3F)N(C)C(=O)CC4)c2)CCO1. The predicted molar refractivity (Wildman–Crippen MR) is 109 cm³/mol. The molecule has 2 aromatic carbocycles. The minimum atomic E-state index is -4.16. The molecule has 8 heteroatoms. The van der Waals surface area contributed by atoms with Crippen LogP contribution in [0.4, 0.5) is 10.1 Å². The monoisotopic (exact) mass is 433 g/mol. The van der Waals surface area contributed by atoms with Gasteiger partial charge >= 0.3 is 0 Å². The van der Waals surface area contributed by atoms with Gasteiger partial charge < -0.3 is 14.7 Å². The van der Waals surface area contributed by atoms with Crippen LogP contribution in [0.2, 0.25) is 0 Å². The van der Waals surface area contributed by atoms with Gasteiger partial charge in [0.25, 0.3) is 0 Å². The molecule has 2 aliphatic rings. The maximum Gasteiger partial charge on any atom is 0.227 e. The van der Waals surface area contributed by atoms with Crippen LogP contribution in [0.1, 0.15) is 37.3 Å². The molecule has 1 fully saturated rings. The van der Waals surface area contributed by atoms with Crippen molar-refractivity contribution in [2.24, 2.45) is 0 Å². The first kappa shape index (κ1) is 21.0. The highest BCUT2D eigenvalue weighted by atomic mass is 32.2. The van der Waals surface area contributed by atoms with Gasteiger partial charge in [0, 0.05) is 32.0 Å². The Balaban J connectivity index is 1.76. The van der Waals surface area contributed by atoms with E-state index in [4.69, 9.17) is 4.74 Å². The average molecular weight is 434 g/mol. The first-order valence-electron chi connectivity index (χ1n) is 9.90. The van der Waals surface area contributed by atoms with Crippen molar-refractivity contribution in [2.75, 3.05) is 18.6 Å². The molecule has 0 radical (unpaired) electrons. The zero-order chi connectivity index (χ0) is 21.7. The van der Waals surface area contributed by atoms with Crippen molar-refractivity contribution in [2.45, 2.75) is 54.1 Å². The number of fused-ring (bicyclic) bond motifs is 1. The average Bonchev–Trinajstić information content (AvgIpc) is 2.71. The summed E-state index contributed by atoms with van der Waals surface area (Å²) in [5.41, 5.74) is 0.287. The summed E-state index contributed by atoms with van der Waals surface area (Å²) >= 11 is 0. The number of sulfone groups is 1. The molecule has 0 aromatic heterocycles. The Morgan fingerprint density at radius 3 is 2.73 bits per heavy atom. The number of anilines is 1. The van der Waals surface area contributed by atoms with Gasteiger partial charge in [-0.15, -0.1) is 0 Å². The number of halogens is 1. The molecule has 30 heavy (non-hydrogen) atoms. The molecule has 4 rings (SSSR count). The molecule has 6 nitrogen and oxygen atoms in total. The van der Waals surface area contributed by atoms with Crippen molar-refractivity contribution in [3.63, 3.8) is 0 Å². The minimum Gasteiger partial charge on any atom is -0.385 e. The Bertz CT molecular complexity index is 1120. The lowest BCUT2D eigenvalue weighted by Crippen LogP contribution is -2.37. The van der Waals surface area contributed by atoms with Gasteiger partial charge in [-0.1, -0.05) is 12.1 Å². The first-order chi connectivity index (χ1) is 14.1. The van der Waals surface area contributed by atoms with Crippen LogP contribution in [-0.2, 0) is 31.4 Å². The standard InChI is InChI=1S/C22H24FNO5S/c1-14-13-22(26,8-9-29-14)16-4-3-5-17(11-16)30(27,28)20-10-15-6-7-21(25)24(2)19(15)12-18(20)23/h3-5,10-12,14,26H,6-9,13H2,1-2H3. The van der Waals surface area contributed by atoms with E-state index in [1.54, 1.807) is 19.2 Å². The van der Waals surface area contributed by atoms with E-state index in [2.05, 4.69) is 0 Å². The summed E-state index contributed by atoms with van der Waals surface area (Å²) in [7, 11) is -2.61. The molecule has 0 saturated carbocycles. The van der Waals surface area contributed by atoms with Crippen LogP contribution in [0, 0.1) is 5.82 Å². The van der Waals surface area contributed by atoms with Crippen molar-refractivity contribution in [3.8, 4) is 0 Å². The lowest BCUT2D eigenvalue weighted by atomic mass is 9.84. The van der Waals surface area contributed by atoms with Crippen molar-refractivity contribution in [1.82, 2.24) is 0 Å². The van der Waals surface area contributed by atoms with Crippen LogP contribution < -0.4 is 4.90 Å². The van der Waals surface area contributed by atoms with Crippen molar-refractivity contribution in [3.05, 3.63) is 53.3 Å². The van der Waals surface area contributed by atoms with Crippen LogP contribution >= 0.6 is 0 Å². The number of hydrogen-bond acceptors (Lipinski definition) is 5. The number of aliphatic hydroxyl groups is 1. The van der Waals surface area contributed by atoms with Gasteiger partial charge in [0.1, 0.15) is 10.7 Å². The largest absolute Gasteiger partial charge is 0.385 e. The summed E-state index contributed by atoms with van der Waals surface area (Å²) < 4.78 is 46.9. The zero-order valence-electron chi connectivity index (χ0n) is 16.9. The third-order valence-corrected chi connectivity index (χ3v) is 7.76. The van der Waals surface area contributed by atoms with E-state index >= 15 is 0 Å². The molecule has 1 N–H and O–H groups in total. The Morgan fingerprint density at radius 1 is 1.23 bits per heavy atom. The highest BCUT2D eigenvalue weighted by Crippen LogP contribution is 2.37. The van der Waals surface area contributed by atoms with Gasteiger partial charge in [0.2, 0.25) is 15.7 Å². The van der Waals surface area contributed by atoms with Crippen molar-refractivity contribution in [1.29, 1.82) is 0 Å². The van der Waals surface area contributed by atoms with Gasteiger partial charge in [-0.25, -0.2) is 12.8 Å². The van der Waals surface area contributed by atoms with E-state index in [9.17, 15) is 22.7 Å². The third kappa shape index (κ3) is 3.53. The molecule has 160 valence electrons. The van der Waals surface area contributed by atoms with E-state index in [-0.39, 0.29) is 23.3 Å². The van der Waals surface area contributed by atoms with Gasteiger partial charge in [-0.05, 0) is 48.7 Å². The molecule has 2 heterocycles. The zero-order valence-corrected chi connectivity index (χ0v) is 17.7. The minimum absolute atomic E-state index is 0.0772. The van der Waals surface area contributed by atoms with Gasteiger partial charge in [0.15, 0.2) is 0 Å². The Hall–Kier alpha value is -2.29. The number of amides is 1. The predicted octanol–water partition coefficient (Wildman–Crippen LogP) is 2.95. The number of ether oxygens (including phenoxy) is 1. The fraction of sp³-hybridized carbons (Fsp3) is 0.409. The topological polar surface area (TPSA) is 83.9 Å². The number of carbonyl (C=O) groups is 1. The van der Waals surface area contributed by atoms with Crippen LogP contribution in [0.15, 0.2) is 46.2 Å².